The Bertz CT molecular complexity index is 939. The highest BCUT2D eigenvalue weighted by molar-refractivity contribution is 7.89. The van der Waals surface area contributed by atoms with Crippen molar-refractivity contribution in [2.24, 2.45) is 0 Å². The molecular weight excluding hydrogens is 384 g/mol. The Kier molecular flexibility index (Phi) is 5.87. The monoisotopic (exact) mass is 408 g/mol. The van der Waals surface area contributed by atoms with Crippen LogP contribution in [0.15, 0.2) is 33.7 Å². The summed E-state index contributed by atoms with van der Waals surface area (Å²) >= 11 is 0. The first kappa shape index (κ1) is 20.5. The molecule has 2 heterocycles. The number of carbonyl (C=O) groups excluding carboxylic acids is 1. The molecule has 0 saturated carbocycles. The SMILES string of the molecule is Cc1noc(C)c1COC(=O)c1cccc(S(=O)(=O)N2CC(C)OC(C)C2)c1. The van der Waals surface area contributed by atoms with Gasteiger partial charge in [-0.1, -0.05) is 11.2 Å². The number of aryl methyl sites for hydroxylation is 2. The predicted molar refractivity (Wildman–Crippen MR) is 100 cm³/mol. The zero-order valence-corrected chi connectivity index (χ0v) is 17.2. The summed E-state index contributed by atoms with van der Waals surface area (Å²) in [5, 5.41) is 3.82. The summed E-state index contributed by atoms with van der Waals surface area (Å²) in [7, 11) is -3.73. The zero-order valence-electron chi connectivity index (χ0n) is 16.3. The molecule has 0 spiro atoms. The minimum Gasteiger partial charge on any atom is -0.457 e. The van der Waals surface area contributed by atoms with E-state index in [0.29, 0.717) is 17.0 Å². The fraction of sp³-hybridized carbons (Fsp3) is 0.474. The van der Waals surface area contributed by atoms with Crippen LogP contribution in [-0.4, -0.2) is 49.1 Å². The van der Waals surface area contributed by atoms with Gasteiger partial charge in [0.05, 0.1) is 33.9 Å². The molecule has 3 rings (SSSR count). The minimum absolute atomic E-state index is 0.00940. The largest absolute Gasteiger partial charge is 0.457 e. The van der Waals surface area contributed by atoms with Gasteiger partial charge in [0.15, 0.2) is 0 Å². The molecule has 9 heteroatoms. The number of carbonyl (C=O) groups is 1. The smallest absolute Gasteiger partial charge is 0.338 e. The molecule has 0 amide bonds. The lowest BCUT2D eigenvalue weighted by Gasteiger charge is -2.34. The van der Waals surface area contributed by atoms with Crippen LogP contribution in [0.5, 0.6) is 0 Å². The van der Waals surface area contributed by atoms with Crippen LogP contribution in [0.4, 0.5) is 0 Å². The van der Waals surface area contributed by atoms with Gasteiger partial charge >= 0.3 is 5.97 Å². The molecule has 152 valence electrons. The number of benzene rings is 1. The molecule has 2 atom stereocenters. The summed E-state index contributed by atoms with van der Waals surface area (Å²) in [5.41, 5.74) is 1.52. The van der Waals surface area contributed by atoms with E-state index < -0.39 is 16.0 Å². The maximum absolute atomic E-state index is 13.0. The van der Waals surface area contributed by atoms with E-state index >= 15 is 0 Å². The molecule has 1 saturated heterocycles. The second-order valence-electron chi connectivity index (χ2n) is 6.99. The van der Waals surface area contributed by atoms with Gasteiger partial charge in [-0.15, -0.1) is 0 Å². The summed E-state index contributed by atoms with van der Waals surface area (Å²) in [6.45, 7) is 7.72. The van der Waals surface area contributed by atoms with E-state index in [1.807, 2.05) is 13.8 Å². The Labute approximate surface area is 164 Å². The van der Waals surface area contributed by atoms with Crippen molar-refractivity contribution in [1.29, 1.82) is 0 Å². The third-order valence-electron chi connectivity index (χ3n) is 4.62. The van der Waals surface area contributed by atoms with Gasteiger partial charge in [-0.2, -0.15) is 4.31 Å². The number of morpholine rings is 1. The summed E-state index contributed by atoms with van der Waals surface area (Å²) in [4.78, 5) is 12.5. The molecular formula is C19H24N2O6S. The molecule has 2 aromatic rings. The van der Waals surface area contributed by atoms with Crippen LogP contribution in [0.3, 0.4) is 0 Å². The van der Waals surface area contributed by atoms with Crippen molar-refractivity contribution < 1.29 is 27.2 Å². The molecule has 8 nitrogen and oxygen atoms in total. The van der Waals surface area contributed by atoms with Crippen LogP contribution in [0.2, 0.25) is 0 Å². The maximum atomic E-state index is 13.0. The van der Waals surface area contributed by atoms with Gasteiger partial charge in [-0.25, -0.2) is 13.2 Å². The molecule has 1 fully saturated rings. The van der Waals surface area contributed by atoms with Gasteiger partial charge < -0.3 is 14.0 Å². The van der Waals surface area contributed by atoms with Gasteiger partial charge in [0.25, 0.3) is 0 Å². The molecule has 0 radical (unpaired) electrons. The highest BCUT2D eigenvalue weighted by atomic mass is 32.2. The molecule has 0 aliphatic carbocycles. The van der Waals surface area contributed by atoms with E-state index in [1.54, 1.807) is 13.8 Å². The second-order valence-corrected chi connectivity index (χ2v) is 8.92. The Hall–Kier alpha value is -2.23. The number of hydrogen-bond acceptors (Lipinski definition) is 7. The molecule has 28 heavy (non-hydrogen) atoms. The fourth-order valence-corrected chi connectivity index (χ4v) is 4.83. The van der Waals surface area contributed by atoms with Crippen molar-refractivity contribution >= 4 is 16.0 Å². The number of aromatic nitrogens is 1. The Morgan fingerprint density at radius 1 is 1.25 bits per heavy atom. The first-order valence-electron chi connectivity index (χ1n) is 9.03. The van der Waals surface area contributed by atoms with E-state index in [2.05, 4.69) is 5.16 Å². The Balaban J connectivity index is 1.77. The van der Waals surface area contributed by atoms with E-state index in [4.69, 9.17) is 14.0 Å². The topological polar surface area (TPSA) is 98.9 Å². The normalized spacial score (nSPS) is 20.9. The number of sulfonamides is 1. The van der Waals surface area contributed by atoms with Crippen LogP contribution in [0.25, 0.3) is 0 Å². The van der Waals surface area contributed by atoms with Crippen LogP contribution in [0.1, 0.15) is 41.2 Å². The van der Waals surface area contributed by atoms with Crippen molar-refractivity contribution in [3.8, 4) is 0 Å². The van der Waals surface area contributed by atoms with E-state index in [0.717, 1.165) is 0 Å². The van der Waals surface area contributed by atoms with Gasteiger partial charge in [-0.3, -0.25) is 0 Å². The quantitative estimate of drug-likeness (QED) is 0.701. The molecule has 2 unspecified atom stereocenters. The Morgan fingerprint density at radius 2 is 1.93 bits per heavy atom. The number of rotatable bonds is 5. The number of nitrogens with zero attached hydrogens (tertiary/aromatic N) is 2. The molecule has 1 aliphatic rings. The van der Waals surface area contributed by atoms with Gasteiger partial charge in [0, 0.05) is 13.1 Å². The van der Waals surface area contributed by atoms with E-state index in [1.165, 1.54) is 28.6 Å². The van der Waals surface area contributed by atoms with Crippen molar-refractivity contribution in [3.63, 3.8) is 0 Å². The fourth-order valence-electron chi connectivity index (χ4n) is 3.19. The van der Waals surface area contributed by atoms with Gasteiger partial charge in [0.2, 0.25) is 10.0 Å². The minimum atomic E-state index is -3.73. The maximum Gasteiger partial charge on any atom is 0.338 e. The number of hydrogen-bond donors (Lipinski definition) is 0. The van der Waals surface area contributed by atoms with Crippen molar-refractivity contribution in [2.45, 2.75) is 51.4 Å². The van der Waals surface area contributed by atoms with Crippen LogP contribution < -0.4 is 0 Å². The van der Waals surface area contributed by atoms with Crippen LogP contribution in [0, 0.1) is 13.8 Å². The summed E-state index contributed by atoms with van der Waals surface area (Å²) in [6.07, 6.45) is -0.386. The molecule has 1 aromatic carbocycles. The highest BCUT2D eigenvalue weighted by Gasteiger charge is 2.32. The lowest BCUT2D eigenvalue weighted by Crippen LogP contribution is -2.48. The zero-order chi connectivity index (χ0) is 20.5. The summed E-state index contributed by atoms with van der Waals surface area (Å²) in [5.74, 6) is -0.0297. The first-order valence-corrected chi connectivity index (χ1v) is 10.5. The first-order chi connectivity index (χ1) is 13.2. The van der Waals surface area contributed by atoms with E-state index in [-0.39, 0.29) is 42.4 Å². The summed E-state index contributed by atoms with van der Waals surface area (Å²) in [6, 6.07) is 5.88. The predicted octanol–water partition coefficient (Wildman–Crippen LogP) is 2.45. The number of ether oxygens (including phenoxy) is 2. The van der Waals surface area contributed by atoms with E-state index in [9.17, 15) is 13.2 Å². The third kappa shape index (κ3) is 4.26. The lowest BCUT2D eigenvalue weighted by molar-refractivity contribution is -0.0440. The molecule has 0 N–H and O–H groups in total. The molecule has 1 aromatic heterocycles. The van der Waals surface area contributed by atoms with Gasteiger partial charge in [0.1, 0.15) is 12.4 Å². The average Bonchev–Trinajstić information content (AvgIpc) is 2.97. The molecule has 1 aliphatic heterocycles. The van der Waals surface area contributed by atoms with Crippen molar-refractivity contribution in [3.05, 3.63) is 46.8 Å². The second kappa shape index (κ2) is 8.02. The van der Waals surface area contributed by atoms with Crippen LogP contribution in [-0.2, 0) is 26.1 Å². The lowest BCUT2D eigenvalue weighted by atomic mass is 10.2. The van der Waals surface area contributed by atoms with Crippen molar-refractivity contribution in [1.82, 2.24) is 9.46 Å². The van der Waals surface area contributed by atoms with Gasteiger partial charge in [-0.05, 0) is 45.9 Å². The number of esters is 1. The average molecular weight is 408 g/mol. The standard InChI is InChI=1S/C19H24N2O6S/c1-12-9-21(10-13(2)26-12)28(23,24)17-7-5-6-16(8-17)19(22)25-11-18-14(3)20-27-15(18)4/h5-8,12-13H,9-11H2,1-4H3. The van der Waals surface area contributed by atoms with Crippen LogP contribution >= 0.6 is 0 Å². The molecule has 0 bridgehead atoms. The highest BCUT2D eigenvalue weighted by Crippen LogP contribution is 2.22. The van der Waals surface area contributed by atoms with Crippen molar-refractivity contribution in [2.75, 3.05) is 13.1 Å². The third-order valence-corrected chi connectivity index (χ3v) is 6.45. The summed E-state index contributed by atoms with van der Waals surface area (Å²) < 4.78 is 43.3. The Morgan fingerprint density at radius 3 is 2.54 bits per heavy atom.